The first-order valence-corrected chi connectivity index (χ1v) is 5.94. The minimum atomic E-state index is -0.959. The number of hydrogen-bond acceptors (Lipinski definition) is 5. The molecule has 1 aliphatic rings. The molecule has 1 amide bonds. The van der Waals surface area contributed by atoms with Crippen LogP contribution < -0.4 is 16.0 Å². The molecule has 0 atom stereocenters. The molecule has 0 saturated carbocycles. The predicted octanol–water partition coefficient (Wildman–Crippen LogP) is 0.543. The van der Waals surface area contributed by atoms with Crippen molar-refractivity contribution in [3.8, 4) is 0 Å². The molecular weight excluding hydrogens is 234 g/mol. The summed E-state index contributed by atoms with van der Waals surface area (Å²) in [5.74, 6) is 1.60. The SMILES string of the molecule is Nc1cncc(N2CCC(CNC(=O)O)CC2)n1. The van der Waals surface area contributed by atoms with Gasteiger partial charge >= 0.3 is 6.09 Å². The van der Waals surface area contributed by atoms with E-state index in [2.05, 4.69) is 20.2 Å². The largest absolute Gasteiger partial charge is 0.465 e. The molecule has 1 aliphatic heterocycles. The number of nitrogens with one attached hydrogen (secondary N) is 1. The van der Waals surface area contributed by atoms with Crippen molar-refractivity contribution in [2.75, 3.05) is 30.3 Å². The molecule has 4 N–H and O–H groups in total. The van der Waals surface area contributed by atoms with E-state index in [4.69, 9.17) is 10.8 Å². The molecule has 2 heterocycles. The van der Waals surface area contributed by atoms with Gasteiger partial charge in [0, 0.05) is 19.6 Å². The first-order valence-electron chi connectivity index (χ1n) is 5.94. The van der Waals surface area contributed by atoms with Crippen LogP contribution >= 0.6 is 0 Å². The molecule has 7 nitrogen and oxygen atoms in total. The summed E-state index contributed by atoms with van der Waals surface area (Å²) in [6.45, 7) is 2.22. The van der Waals surface area contributed by atoms with Crippen LogP contribution in [0.25, 0.3) is 0 Å². The van der Waals surface area contributed by atoms with E-state index in [1.807, 2.05) is 0 Å². The minimum absolute atomic E-state index is 0.395. The molecule has 98 valence electrons. The predicted molar refractivity (Wildman–Crippen MR) is 67.4 cm³/mol. The van der Waals surface area contributed by atoms with Crippen LogP contribution in [0.3, 0.4) is 0 Å². The van der Waals surface area contributed by atoms with Crippen molar-refractivity contribution in [3.05, 3.63) is 12.4 Å². The number of anilines is 2. The minimum Gasteiger partial charge on any atom is -0.465 e. The van der Waals surface area contributed by atoms with Crippen LogP contribution in [0.4, 0.5) is 16.4 Å². The second-order valence-electron chi connectivity index (χ2n) is 4.42. The van der Waals surface area contributed by atoms with Crippen LogP contribution in [0.2, 0.25) is 0 Å². The highest BCUT2D eigenvalue weighted by Gasteiger charge is 2.20. The Morgan fingerprint density at radius 2 is 2.22 bits per heavy atom. The fourth-order valence-electron chi connectivity index (χ4n) is 2.12. The third-order valence-corrected chi connectivity index (χ3v) is 3.12. The van der Waals surface area contributed by atoms with Crippen molar-refractivity contribution in [2.24, 2.45) is 5.92 Å². The van der Waals surface area contributed by atoms with Crippen LogP contribution in [-0.4, -0.2) is 40.8 Å². The van der Waals surface area contributed by atoms with Crippen LogP contribution in [0.15, 0.2) is 12.4 Å². The third kappa shape index (κ3) is 3.22. The lowest BCUT2D eigenvalue weighted by atomic mass is 9.97. The number of aromatic nitrogens is 2. The Balaban J connectivity index is 1.85. The average Bonchev–Trinajstić information content (AvgIpc) is 2.37. The van der Waals surface area contributed by atoms with Crippen molar-refractivity contribution < 1.29 is 9.90 Å². The lowest BCUT2D eigenvalue weighted by Gasteiger charge is -2.32. The maximum absolute atomic E-state index is 10.4. The summed E-state index contributed by atoms with van der Waals surface area (Å²) in [5.41, 5.74) is 5.60. The number of carboxylic acid groups (broad SMARTS) is 1. The zero-order chi connectivity index (χ0) is 13.0. The lowest BCUT2D eigenvalue weighted by molar-refractivity contribution is 0.191. The summed E-state index contributed by atoms with van der Waals surface area (Å²) in [5, 5.41) is 11.0. The molecule has 2 rings (SSSR count). The van der Waals surface area contributed by atoms with Crippen LogP contribution in [0.1, 0.15) is 12.8 Å². The van der Waals surface area contributed by atoms with E-state index in [1.54, 1.807) is 6.20 Å². The van der Waals surface area contributed by atoms with Crippen LogP contribution in [0.5, 0.6) is 0 Å². The Morgan fingerprint density at radius 1 is 1.50 bits per heavy atom. The van der Waals surface area contributed by atoms with Gasteiger partial charge in [-0.05, 0) is 18.8 Å². The van der Waals surface area contributed by atoms with E-state index in [1.165, 1.54) is 6.20 Å². The van der Waals surface area contributed by atoms with E-state index in [0.717, 1.165) is 31.7 Å². The van der Waals surface area contributed by atoms with Crippen molar-refractivity contribution in [2.45, 2.75) is 12.8 Å². The van der Waals surface area contributed by atoms with Gasteiger partial charge in [-0.3, -0.25) is 4.98 Å². The van der Waals surface area contributed by atoms with Gasteiger partial charge in [-0.1, -0.05) is 0 Å². The van der Waals surface area contributed by atoms with Gasteiger partial charge in [0.1, 0.15) is 11.6 Å². The molecule has 1 fully saturated rings. The standard InChI is InChI=1S/C11H17N5O2/c12-9-6-13-7-10(15-9)16-3-1-8(2-4-16)5-14-11(17)18/h6-8,14H,1-5H2,(H2,12,15)(H,17,18). The first-order chi connectivity index (χ1) is 8.65. The second-order valence-corrected chi connectivity index (χ2v) is 4.42. The zero-order valence-electron chi connectivity index (χ0n) is 10.0. The molecule has 0 radical (unpaired) electrons. The summed E-state index contributed by atoms with van der Waals surface area (Å²) in [7, 11) is 0. The van der Waals surface area contributed by atoms with Crippen molar-refractivity contribution in [1.29, 1.82) is 0 Å². The number of piperidine rings is 1. The molecule has 0 aliphatic carbocycles. The summed E-state index contributed by atoms with van der Waals surface area (Å²) in [6, 6.07) is 0. The number of hydrogen-bond donors (Lipinski definition) is 3. The Labute approximate surface area is 105 Å². The van der Waals surface area contributed by atoms with Gasteiger partial charge in [-0.25, -0.2) is 9.78 Å². The topological polar surface area (TPSA) is 104 Å². The Bertz CT molecular complexity index is 418. The lowest BCUT2D eigenvalue weighted by Crippen LogP contribution is -2.38. The quantitative estimate of drug-likeness (QED) is 0.724. The van der Waals surface area contributed by atoms with Crippen LogP contribution in [0, 0.1) is 5.92 Å². The second kappa shape index (κ2) is 5.52. The van der Waals surface area contributed by atoms with E-state index in [0.29, 0.717) is 18.3 Å². The van der Waals surface area contributed by atoms with Gasteiger partial charge in [0.2, 0.25) is 0 Å². The van der Waals surface area contributed by atoms with Gasteiger partial charge in [0.25, 0.3) is 0 Å². The summed E-state index contributed by atoms with van der Waals surface area (Å²) < 4.78 is 0. The van der Waals surface area contributed by atoms with Gasteiger partial charge in [0.05, 0.1) is 12.4 Å². The molecule has 1 aromatic heterocycles. The Morgan fingerprint density at radius 3 is 2.83 bits per heavy atom. The molecule has 0 unspecified atom stereocenters. The first kappa shape index (κ1) is 12.4. The van der Waals surface area contributed by atoms with Gasteiger partial charge in [-0.15, -0.1) is 0 Å². The van der Waals surface area contributed by atoms with Crippen molar-refractivity contribution in [3.63, 3.8) is 0 Å². The number of amides is 1. The number of rotatable bonds is 3. The highest BCUT2D eigenvalue weighted by atomic mass is 16.4. The fourth-order valence-corrected chi connectivity index (χ4v) is 2.12. The molecule has 1 aromatic rings. The Kier molecular flexibility index (Phi) is 3.81. The normalized spacial score (nSPS) is 16.6. The molecule has 0 spiro atoms. The molecule has 7 heteroatoms. The highest BCUT2D eigenvalue weighted by molar-refractivity contribution is 5.64. The van der Waals surface area contributed by atoms with Crippen molar-refractivity contribution in [1.82, 2.24) is 15.3 Å². The molecule has 0 bridgehead atoms. The summed E-state index contributed by atoms with van der Waals surface area (Å²) in [6.07, 6.45) is 4.14. The third-order valence-electron chi connectivity index (χ3n) is 3.12. The van der Waals surface area contributed by atoms with E-state index in [9.17, 15) is 4.79 Å². The number of nitrogen functional groups attached to an aromatic ring is 1. The molecule has 18 heavy (non-hydrogen) atoms. The smallest absolute Gasteiger partial charge is 0.404 e. The van der Waals surface area contributed by atoms with Crippen molar-refractivity contribution >= 4 is 17.7 Å². The molecule has 1 saturated heterocycles. The molecule has 0 aromatic carbocycles. The molecular formula is C11H17N5O2. The summed E-state index contributed by atoms with van der Waals surface area (Å²) >= 11 is 0. The van der Waals surface area contributed by atoms with E-state index < -0.39 is 6.09 Å². The summed E-state index contributed by atoms with van der Waals surface area (Å²) in [4.78, 5) is 20.8. The monoisotopic (exact) mass is 251 g/mol. The number of nitrogens with two attached hydrogens (primary N) is 1. The highest BCUT2D eigenvalue weighted by Crippen LogP contribution is 2.21. The van der Waals surface area contributed by atoms with Gasteiger partial charge in [0.15, 0.2) is 0 Å². The fraction of sp³-hybridized carbons (Fsp3) is 0.545. The van der Waals surface area contributed by atoms with Gasteiger partial charge < -0.3 is 21.1 Å². The zero-order valence-corrected chi connectivity index (χ0v) is 10.0. The maximum Gasteiger partial charge on any atom is 0.404 e. The Hall–Kier alpha value is -2.05. The number of nitrogens with zero attached hydrogens (tertiary/aromatic N) is 3. The van der Waals surface area contributed by atoms with E-state index in [-0.39, 0.29) is 0 Å². The van der Waals surface area contributed by atoms with Crippen LogP contribution in [-0.2, 0) is 0 Å². The number of carbonyl (C=O) groups is 1. The average molecular weight is 251 g/mol. The maximum atomic E-state index is 10.4. The van der Waals surface area contributed by atoms with Gasteiger partial charge in [-0.2, -0.15) is 0 Å². The van der Waals surface area contributed by atoms with E-state index >= 15 is 0 Å².